The van der Waals surface area contributed by atoms with E-state index >= 15 is 0 Å². The molecular weight excluding hydrogens is 733 g/mol. The van der Waals surface area contributed by atoms with Gasteiger partial charge in [-0.2, -0.15) is 0 Å². The van der Waals surface area contributed by atoms with Crippen LogP contribution in [0.1, 0.15) is 45.2 Å². The third kappa shape index (κ3) is 7.19. The van der Waals surface area contributed by atoms with Gasteiger partial charge in [-0.1, -0.05) is 119 Å². The van der Waals surface area contributed by atoms with Crippen LogP contribution >= 0.6 is 0 Å². The number of hydrogen-bond donors (Lipinski definition) is 0. The third-order valence-electron chi connectivity index (χ3n) is 11.9. The Balaban J connectivity index is 0.871. The maximum atomic E-state index is 6.12. The summed E-state index contributed by atoms with van der Waals surface area (Å²) in [5, 5.41) is 14.1. The molecule has 0 unspecified atom stereocenters. The Morgan fingerprint density at radius 1 is 0.400 bits per heavy atom. The monoisotopic (exact) mass is 782 g/mol. The SMILES string of the molecule is CC(C)Cn1c2ccccc2c2cc(-c3ccc4c(c3)c3cc(CCCc5ccc(-c6nnc(-c7ccc(-c8ccccc8)cc7)o6)cc5)ccc3n4CC(C)C)ccc21. The van der Waals surface area contributed by atoms with Crippen molar-refractivity contribution in [3.8, 4) is 45.2 Å². The molecule has 0 N–H and O–H groups in total. The van der Waals surface area contributed by atoms with Crippen molar-refractivity contribution in [1.82, 2.24) is 19.3 Å². The van der Waals surface area contributed by atoms with Gasteiger partial charge in [-0.3, -0.25) is 0 Å². The van der Waals surface area contributed by atoms with Crippen LogP contribution in [0.3, 0.4) is 0 Å². The molecule has 0 fully saturated rings. The molecule has 0 atom stereocenters. The Morgan fingerprint density at radius 3 is 1.45 bits per heavy atom. The fraction of sp³-hybridized carbons (Fsp3) is 0.200. The average Bonchev–Trinajstić information content (AvgIpc) is 3.97. The molecule has 0 bridgehead atoms. The maximum absolute atomic E-state index is 6.12. The Hall–Kier alpha value is -6.72. The summed E-state index contributed by atoms with van der Waals surface area (Å²) in [7, 11) is 0. The molecule has 0 saturated heterocycles. The average molecular weight is 783 g/mol. The lowest BCUT2D eigenvalue weighted by molar-refractivity contribution is 0.545. The van der Waals surface area contributed by atoms with Crippen molar-refractivity contribution in [2.24, 2.45) is 11.8 Å². The van der Waals surface area contributed by atoms with E-state index in [1.165, 1.54) is 71.4 Å². The lowest BCUT2D eigenvalue weighted by atomic mass is 9.99. The van der Waals surface area contributed by atoms with Gasteiger partial charge in [-0.05, 0) is 131 Å². The van der Waals surface area contributed by atoms with E-state index in [0.717, 1.165) is 49.0 Å². The molecule has 3 heterocycles. The van der Waals surface area contributed by atoms with Gasteiger partial charge in [0.15, 0.2) is 0 Å². The molecule has 0 spiro atoms. The molecule has 0 aliphatic heterocycles. The fourth-order valence-corrected chi connectivity index (χ4v) is 9.05. The van der Waals surface area contributed by atoms with Crippen molar-refractivity contribution < 1.29 is 4.42 Å². The summed E-state index contributed by atoms with van der Waals surface area (Å²) in [5.41, 5.74) is 14.6. The van der Waals surface area contributed by atoms with E-state index in [9.17, 15) is 0 Å². The van der Waals surface area contributed by atoms with E-state index in [4.69, 9.17) is 4.42 Å². The Labute approximate surface area is 351 Å². The van der Waals surface area contributed by atoms with Crippen LogP contribution in [0.15, 0.2) is 162 Å². The smallest absolute Gasteiger partial charge is 0.248 e. The lowest BCUT2D eigenvalue weighted by Gasteiger charge is -2.11. The van der Waals surface area contributed by atoms with Crippen LogP contribution in [0.4, 0.5) is 0 Å². The Bertz CT molecular complexity index is 3110. The zero-order valence-electron chi connectivity index (χ0n) is 34.9. The van der Waals surface area contributed by atoms with Crippen LogP contribution < -0.4 is 0 Å². The van der Waals surface area contributed by atoms with Crippen molar-refractivity contribution in [2.75, 3.05) is 0 Å². The topological polar surface area (TPSA) is 48.8 Å². The first-order chi connectivity index (χ1) is 29.4. The predicted molar refractivity (Wildman–Crippen MR) is 250 cm³/mol. The third-order valence-corrected chi connectivity index (χ3v) is 11.9. The predicted octanol–water partition coefficient (Wildman–Crippen LogP) is 14.4. The summed E-state index contributed by atoms with van der Waals surface area (Å²) < 4.78 is 11.1. The summed E-state index contributed by atoms with van der Waals surface area (Å²) >= 11 is 0. The van der Waals surface area contributed by atoms with Gasteiger partial charge in [0.2, 0.25) is 11.8 Å². The van der Waals surface area contributed by atoms with Crippen LogP contribution in [0.2, 0.25) is 0 Å². The second kappa shape index (κ2) is 15.8. The number of aryl methyl sites for hydroxylation is 2. The molecular formula is C55H50N4O. The van der Waals surface area contributed by atoms with E-state index in [-0.39, 0.29) is 0 Å². The van der Waals surface area contributed by atoms with Crippen molar-refractivity contribution in [3.63, 3.8) is 0 Å². The van der Waals surface area contributed by atoms with Crippen LogP contribution in [0.5, 0.6) is 0 Å². The highest BCUT2D eigenvalue weighted by Gasteiger charge is 2.17. The molecule has 0 radical (unpaired) electrons. The summed E-state index contributed by atoms with van der Waals surface area (Å²) in [6.45, 7) is 11.2. The number of benzene rings is 7. The molecule has 296 valence electrons. The van der Waals surface area contributed by atoms with Crippen LogP contribution in [0, 0.1) is 11.8 Å². The van der Waals surface area contributed by atoms with Gasteiger partial charge in [0.1, 0.15) is 0 Å². The molecule has 0 aliphatic carbocycles. The maximum Gasteiger partial charge on any atom is 0.248 e. The number of aromatic nitrogens is 4. The fourth-order valence-electron chi connectivity index (χ4n) is 9.05. The number of rotatable bonds is 12. The zero-order valence-corrected chi connectivity index (χ0v) is 34.9. The largest absolute Gasteiger partial charge is 0.416 e. The number of hydrogen-bond acceptors (Lipinski definition) is 3. The number of para-hydroxylation sites is 1. The summed E-state index contributed by atoms with van der Waals surface area (Å²) in [6.07, 6.45) is 3.08. The molecule has 5 heteroatoms. The van der Waals surface area contributed by atoms with Crippen LogP contribution in [-0.2, 0) is 25.9 Å². The second-order valence-corrected chi connectivity index (χ2v) is 17.2. The summed E-state index contributed by atoms with van der Waals surface area (Å²) in [6, 6.07) is 57.4. The van der Waals surface area contributed by atoms with Crippen molar-refractivity contribution in [1.29, 1.82) is 0 Å². The van der Waals surface area contributed by atoms with E-state index < -0.39 is 0 Å². The highest BCUT2D eigenvalue weighted by Crippen LogP contribution is 2.37. The van der Waals surface area contributed by atoms with Gasteiger partial charge in [-0.15, -0.1) is 10.2 Å². The lowest BCUT2D eigenvalue weighted by Crippen LogP contribution is -2.03. The molecule has 0 amide bonds. The summed E-state index contributed by atoms with van der Waals surface area (Å²) in [5.74, 6) is 2.17. The summed E-state index contributed by atoms with van der Waals surface area (Å²) in [4.78, 5) is 0. The number of nitrogens with zero attached hydrogens (tertiary/aromatic N) is 4. The van der Waals surface area contributed by atoms with E-state index in [0.29, 0.717) is 23.6 Å². The number of fused-ring (bicyclic) bond motifs is 6. The van der Waals surface area contributed by atoms with Gasteiger partial charge < -0.3 is 13.6 Å². The van der Waals surface area contributed by atoms with Gasteiger partial charge in [0.25, 0.3) is 0 Å². The van der Waals surface area contributed by atoms with Crippen molar-refractivity contribution in [2.45, 2.75) is 60.0 Å². The van der Waals surface area contributed by atoms with Gasteiger partial charge in [0, 0.05) is 67.8 Å². The minimum Gasteiger partial charge on any atom is -0.416 e. The van der Waals surface area contributed by atoms with Gasteiger partial charge in [0.05, 0.1) is 0 Å². The highest BCUT2D eigenvalue weighted by molar-refractivity contribution is 6.11. The highest BCUT2D eigenvalue weighted by atomic mass is 16.4. The van der Waals surface area contributed by atoms with Gasteiger partial charge in [-0.25, -0.2) is 0 Å². The first-order valence-electron chi connectivity index (χ1n) is 21.5. The van der Waals surface area contributed by atoms with Crippen molar-refractivity contribution >= 4 is 43.6 Å². The normalized spacial score (nSPS) is 12.0. The van der Waals surface area contributed by atoms with Gasteiger partial charge >= 0.3 is 0 Å². The van der Waals surface area contributed by atoms with Crippen LogP contribution in [-0.4, -0.2) is 19.3 Å². The minimum absolute atomic E-state index is 0.525. The van der Waals surface area contributed by atoms with E-state index in [1.54, 1.807) is 0 Å². The molecule has 5 nitrogen and oxygen atoms in total. The molecule has 3 aromatic heterocycles. The second-order valence-electron chi connectivity index (χ2n) is 17.2. The Kier molecular flexibility index (Phi) is 9.89. The molecule has 10 rings (SSSR count). The molecule has 0 saturated carbocycles. The van der Waals surface area contributed by atoms with Crippen molar-refractivity contribution in [3.05, 3.63) is 169 Å². The first-order valence-corrected chi connectivity index (χ1v) is 21.5. The molecule has 10 aromatic rings. The molecule has 0 aliphatic rings. The van der Waals surface area contributed by atoms with E-state index in [2.05, 4.69) is 187 Å². The standard InChI is InChI=1S/C55H50N4O/c1-36(2)34-58-50-16-9-8-15-46(50)48-32-44(26-29-52(48)58)45-27-30-53-49(33-45)47-31-39(19-28-51(47)59(53)35-37(3)4)12-10-11-38-17-20-42(21-18-38)54-56-57-55(60-54)43-24-22-41(23-25-43)40-13-6-5-7-14-40/h5-9,13-33,36-37H,10-12,34-35H2,1-4H3. The van der Waals surface area contributed by atoms with E-state index in [1.807, 2.05) is 18.2 Å². The Morgan fingerprint density at radius 2 is 0.833 bits per heavy atom. The molecule has 60 heavy (non-hydrogen) atoms. The quantitative estimate of drug-likeness (QED) is 0.124. The first kappa shape index (κ1) is 37.5. The zero-order chi connectivity index (χ0) is 40.7. The van der Waals surface area contributed by atoms with Crippen LogP contribution in [0.25, 0.3) is 88.8 Å². The molecule has 7 aromatic carbocycles. The minimum atomic E-state index is 0.525.